The van der Waals surface area contributed by atoms with Crippen LogP contribution >= 0.6 is 0 Å². The molecular weight excluding hydrogens is 114 g/mol. The molecule has 0 saturated carbocycles. The minimum Gasteiger partial charge on any atom is -0.363 e. The molecule has 2 heteroatoms. The van der Waals surface area contributed by atoms with Gasteiger partial charge in [-0.25, -0.2) is 0 Å². The van der Waals surface area contributed by atoms with Gasteiger partial charge >= 0.3 is 0 Å². The highest BCUT2D eigenvalue weighted by molar-refractivity contribution is 4.68. The third-order valence-corrected chi connectivity index (χ3v) is 1.57. The number of rotatable bonds is 2. The summed E-state index contributed by atoms with van der Waals surface area (Å²) in [6, 6.07) is 0. The molecule has 0 amide bonds. The van der Waals surface area contributed by atoms with Crippen LogP contribution in [0.3, 0.4) is 0 Å². The first-order chi connectivity index (χ1) is 3.98. The first-order valence-electron chi connectivity index (χ1n) is 3.30. The van der Waals surface area contributed by atoms with Crippen molar-refractivity contribution in [1.29, 1.82) is 0 Å². The van der Waals surface area contributed by atoms with E-state index >= 15 is 0 Å². The molecule has 0 heterocycles. The minimum atomic E-state index is 0.208. The Morgan fingerprint density at radius 1 is 1.44 bits per heavy atom. The molecule has 0 aliphatic heterocycles. The van der Waals surface area contributed by atoms with Gasteiger partial charge in [0.2, 0.25) is 0 Å². The maximum atomic E-state index is 5.20. The fourth-order valence-corrected chi connectivity index (χ4v) is 0.394. The Morgan fingerprint density at radius 3 is 2.00 bits per heavy atom. The summed E-state index contributed by atoms with van der Waals surface area (Å²) in [6.45, 7) is 8.75. The molecule has 0 aromatic heterocycles. The summed E-state index contributed by atoms with van der Waals surface area (Å²) in [4.78, 5) is 0. The van der Waals surface area contributed by atoms with Gasteiger partial charge in [-0.1, -0.05) is 20.8 Å². The molecule has 0 rings (SSSR count). The molecule has 0 bridgehead atoms. The molecule has 0 aliphatic carbocycles. The Morgan fingerprint density at radius 2 is 1.89 bits per heavy atom. The number of nitrogens with two attached hydrogens (primary N) is 1. The molecule has 0 aromatic rings. The van der Waals surface area contributed by atoms with Gasteiger partial charge in [0.15, 0.2) is 0 Å². The number of ether oxygens (including phenoxy) is 1. The number of hydrogen-bond donors (Lipinski definition) is 1. The standard InChI is InChI=1S/C7H17NO/c1-6(9-5-8)7(2,3)4/h6H,5,8H2,1-4H3. The maximum Gasteiger partial charge on any atom is 0.0944 e. The first kappa shape index (κ1) is 8.92. The van der Waals surface area contributed by atoms with Gasteiger partial charge in [-0.05, 0) is 12.3 Å². The second-order valence-electron chi connectivity index (χ2n) is 3.34. The monoisotopic (exact) mass is 131 g/mol. The molecular formula is C7H17NO. The zero-order chi connectivity index (χ0) is 7.49. The predicted molar refractivity (Wildman–Crippen MR) is 39.1 cm³/mol. The summed E-state index contributed by atoms with van der Waals surface area (Å²) in [5.74, 6) is 0. The van der Waals surface area contributed by atoms with Gasteiger partial charge < -0.3 is 10.5 Å². The molecule has 1 unspecified atom stereocenters. The highest BCUT2D eigenvalue weighted by Crippen LogP contribution is 2.20. The molecule has 1 atom stereocenters. The Hall–Kier alpha value is -0.0800. The normalized spacial score (nSPS) is 15.7. The average molecular weight is 131 g/mol. The molecule has 0 saturated heterocycles. The van der Waals surface area contributed by atoms with E-state index in [0.29, 0.717) is 6.73 Å². The van der Waals surface area contributed by atoms with Crippen LogP contribution in [-0.4, -0.2) is 12.8 Å². The van der Waals surface area contributed by atoms with Crippen LogP contribution in [0.2, 0.25) is 0 Å². The van der Waals surface area contributed by atoms with E-state index in [-0.39, 0.29) is 11.5 Å². The van der Waals surface area contributed by atoms with E-state index < -0.39 is 0 Å². The lowest BCUT2D eigenvalue weighted by Gasteiger charge is -2.26. The largest absolute Gasteiger partial charge is 0.363 e. The van der Waals surface area contributed by atoms with Crippen molar-refractivity contribution in [3.05, 3.63) is 0 Å². The van der Waals surface area contributed by atoms with E-state index in [4.69, 9.17) is 10.5 Å². The summed E-state index contributed by atoms with van der Waals surface area (Å²) in [6.07, 6.45) is 0.238. The second-order valence-corrected chi connectivity index (χ2v) is 3.34. The molecule has 0 radical (unpaired) electrons. The van der Waals surface area contributed by atoms with E-state index in [1.807, 2.05) is 6.92 Å². The number of hydrogen-bond acceptors (Lipinski definition) is 2. The van der Waals surface area contributed by atoms with Crippen LogP contribution in [0.4, 0.5) is 0 Å². The topological polar surface area (TPSA) is 35.2 Å². The van der Waals surface area contributed by atoms with Gasteiger partial charge in [0.1, 0.15) is 0 Å². The van der Waals surface area contributed by atoms with Gasteiger partial charge in [-0.3, -0.25) is 0 Å². The van der Waals surface area contributed by atoms with Crippen LogP contribution in [0.1, 0.15) is 27.7 Å². The van der Waals surface area contributed by atoms with Crippen molar-refractivity contribution in [3.8, 4) is 0 Å². The summed E-state index contributed by atoms with van der Waals surface area (Å²) >= 11 is 0. The van der Waals surface area contributed by atoms with Crippen molar-refractivity contribution in [2.75, 3.05) is 6.73 Å². The molecule has 56 valence electrons. The van der Waals surface area contributed by atoms with Gasteiger partial charge in [0.25, 0.3) is 0 Å². The summed E-state index contributed by atoms with van der Waals surface area (Å²) in [7, 11) is 0. The van der Waals surface area contributed by atoms with Crippen LogP contribution in [-0.2, 0) is 4.74 Å². The van der Waals surface area contributed by atoms with E-state index in [2.05, 4.69) is 20.8 Å². The lowest BCUT2D eigenvalue weighted by molar-refractivity contribution is -0.00142. The molecule has 2 N–H and O–H groups in total. The van der Waals surface area contributed by atoms with Crippen LogP contribution in [0.15, 0.2) is 0 Å². The Balaban J connectivity index is 3.59. The quantitative estimate of drug-likeness (QED) is 0.574. The van der Waals surface area contributed by atoms with Crippen molar-refractivity contribution < 1.29 is 4.74 Å². The van der Waals surface area contributed by atoms with E-state index in [1.165, 1.54) is 0 Å². The summed E-state index contributed by atoms with van der Waals surface area (Å²) in [5, 5.41) is 0. The average Bonchev–Trinajstić information content (AvgIpc) is 1.64. The Bertz CT molecular complexity index is 75.5. The Kier molecular flexibility index (Phi) is 3.15. The molecule has 0 aliphatic rings. The highest BCUT2D eigenvalue weighted by atomic mass is 16.5. The second kappa shape index (κ2) is 3.18. The zero-order valence-corrected chi connectivity index (χ0v) is 6.77. The smallest absolute Gasteiger partial charge is 0.0944 e. The third kappa shape index (κ3) is 3.49. The van der Waals surface area contributed by atoms with Crippen LogP contribution in [0.5, 0.6) is 0 Å². The molecule has 0 aromatic carbocycles. The SMILES string of the molecule is CC(OCN)C(C)(C)C. The zero-order valence-electron chi connectivity index (χ0n) is 6.77. The lowest BCUT2D eigenvalue weighted by Crippen LogP contribution is -2.28. The van der Waals surface area contributed by atoms with Gasteiger partial charge in [-0.15, -0.1) is 0 Å². The lowest BCUT2D eigenvalue weighted by atomic mass is 9.90. The van der Waals surface area contributed by atoms with Gasteiger partial charge in [0.05, 0.1) is 12.8 Å². The van der Waals surface area contributed by atoms with Crippen molar-refractivity contribution >= 4 is 0 Å². The van der Waals surface area contributed by atoms with Crippen molar-refractivity contribution in [1.82, 2.24) is 0 Å². The molecule has 9 heavy (non-hydrogen) atoms. The van der Waals surface area contributed by atoms with Gasteiger partial charge in [-0.2, -0.15) is 0 Å². The van der Waals surface area contributed by atoms with Crippen LogP contribution < -0.4 is 5.73 Å². The first-order valence-corrected chi connectivity index (χ1v) is 3.30. The van der Waals surface area contributed by atoms with Crippen molar-refractivity contribution in [3.63, 3.8) is 0 Å². The molecule has 0 spiro atoms. The fraction of sp³-hybridized carbons (Fsp3) is 1.00. The van der Waals surface area contributed by atoms with E-state index in [1.54, 1.807) is 0 Å². The van der Waals surface area contributed by atoms with E-state index in [9.17, 15) is 0 Å². The van der Waals surface area contributed by atoms with E-state index in [0.717, 1.165) is 0 Å². The fourth-order valence-electron chi connectivity index (χ4n) is 0.394. The summed E-state index contributed by atoms with van der Waals surface area (Å²) < 4.78 is 5.18. The van der Waals surface area contributed by atoms with Crippen LogP contribution in [0.25, 0.3) is 0 Å². The summed E-state index contributed by atoms with van der Waals surface area (Å²) in [5.41, 5.74) is 5.41. The maximum absolute atomic E-state index is 5.20. The third-order valence-electron chi connectivity index (χ3n) is 1.57. The van der Waals surface area contributed by atoms with Crippen molar-refractivity contribution in [2.45, 2.75) is 33.8 Å². The van der Waals surface area contributed by atoms with Gasteiger partial charge in [0, 0.05) is 0 Å². The predicted octanol–water partition coefficient (Wildman–Crippen LogP) is 1.35. The molecule has 0 fully saturated rings. The minimum absolute atomic E-state index is 0.208. The van der Waals surface area contributed by atoms with Crippen molar-refractivity contribution in [2.24, 2.45) is 11.1 Å². The molecule has 2 nitrogen and oxygen atoms in total. The van der Waals surface area contributed by atoms with Crippen LogP contribution in [0, 0.1) is 5.41 Å². The highest BCUT2D eigenvalue weighted by Gasteiger charge is 2.19. The Labute approximate surface area is 57.4 Å².